The van der Waals surface area contributed by atoms with Crippen LogP contribution in [0.15, 0.2) is 0 Å². The van der Waals surface area contributed by atoms with E-state index >= 15 is 0 Å². The Morgan fingerprint density at radius 2 is 1.36 bits per heavy atom. The van der Waals surface area contributed by atoms with Crippen LogP contribution in [0.4, 0.5) is 0 Å². The zero-order valence-electron chi connectivity index (χ0n) is 13.5. The van der Waals surface area contributed by atoms with E-state index < -0.39 is 0 Å². The molecule has 0 aliphatic carbocycles. The summed E-state index contributed by atoms with van der Waals surface area (Å²) in [6.07, 6.45) is 2.55. The number of esters is 1. The molecule has 0 radical (unpaired) electrons. The molecule has 0 atom stereocenters. The van der Waals surface area contributed by atoms with Gasteiger partial charge >= 0.3 is 5.97 Å². The summed E-state index contributed by atoms with van der Waals surface area (Å²) >= 11 is 0. The van der Waals surface area contributed by atoms with E-state index in [2.05, 4.69) is 5.32 Å². The van der Waals surface area contributed by atoms with Crippen molar-refractivity contribution in [3.05, 3.63) is 0 Å². The van der Waals surface area contributed by atoms with Crippen LogP contribution in [0.3, 0.4) is 0 Å². The molecule has 0 aromatic carbocycles. The summed E-state index contributed by atoms with van der Waals surface area (Å²) in [4.78, 5) is 10.5. The Balaban J connectivity index is 1.70. The molecular formula is C15H29NO6. The maximum atomic E-state index is 10.5. The van der Waals surface area contributed by atoms with Crippen LogP contribution in [0.5, 0.6) is 0 Å². The van der Waals surface area contributed by atoms with Gasteiger partial charge in [-0.25, -0.2) is 0 Å². The Morgan fingerprint density at radius 1 is 0.864 bits per heavy atom. The van der Waals surface area contributed by atoms with Gasteiger partial charge < -0.3 is 29.0 Å². The van der Waals surface area contributed by atoms with Crippen molar-refractivity contribution >= 4 is 5.97 Å². The minimum Gasteiger partial charge on any atom is -0.463 e. The van der Waals surface area contributed by atoms with Gasteiger partial charge in [-0.2, -0.15) is 0 Å². The van der Waals surface area contributed by atoms with Crippen molar-refractivity contribution < 1.29 is 28.5 Å². The maximum Gasteiger partial charge on any atom is 0.302 e. The summed E-state index contributed by atoms with van der Waals surface area (Å²) in [6, 6.07) is 0. The highest BCUT2D eigenvalue weighted by Gasteiger charge is 2.12. The van der Waals surface area contributed by atoms with Crippen molar-refractivity contribution in [2.75, 3.05) is 65.9 Å². The van der Waals surface area contributed by atoms with Crippen LogP contribution in [-0.2, 0) is 28.5 Å². The molecule has 7 nitrogen and oxygen atoms in total. The average Bonchev–Trinajstić information content (AvgIpc) is 2.52. The van der Waals surface area contributed by atoms with Crippen LogP contribution >= 0.6 is 0 Å². The van der Waals surface area contributed by atoms with Gasteiger partial charge in [-0.1, -0.05) is 0 Å². The fourth-order valence-corrected chi connectivity index (χ4v) is 2.02. The third-order valence-electron chi connectivity index (χ3n) is 3.14. The lowest BCUT2D eigenvalue weighted by Crippen LogP contribution is -2.33. The van der Waals surface area contributed by atoms with Crippen molar-refractivity contribution in [2.24, 2.45) is 0 Å². The monoisotopic (exact) mass is 319 g/mol. The average molecular weight is 319 g/mol. The fourth-order valence-electron chi connectivity index (χ4n) is 2.02. The molecule has 0 saturated carbocycles. The molecule has 1 aliphatic rings. The van der Waals surface area contributed by atoms with Gasteiger partial charge in [-0.05, 0) is 25.9 Å². The van der Waals surface area contributed by atoms with E-state index in [-0.39, 0.29) is 12.6 Å². The second-order valence-corrected chi connectivity index (χ2v) is 5.00. The summed E-state index contributed by atoms with van der Waals surface area (Å²) in [5, 5.41) is 3.31. The summed E-state index contributed by atoms with van der Waals surface area (Å²) in [7, 11) is 0. The first kappa shape index (κ1) is 19.3. The molecule has 130 valence electrons. The highest BCUT2D eigenvalue weighted by molar-refractivity contribution is 5.65. The van der Waals surface area contributed by atoms with Crippen LogP contribution in [0.2, 0.25) is 0 Å². The molecule has 1 heterocycles. The maximum absolute atomic E-state index is 10.5. The van der Waals surface area contributed by atoms with Gasteiger partial charge in [0, 0.05) is 6.92 Å². The number of piperidine rings is 1. The van der Waals surface area contributed by atoms with Crippen molar-refractivity contribution in [3.63, 3.8) is 0 Å². The van der Waals surface area contributed by atoms with Crippen LogP contribution in [0.25, 0.3) is 0 Å². The lowest BCUT2D eigenvalue weighted by Gasteiger charge is -2.22. The summed E-state index contributed by atoms with van der Waals surface area (Å²) in [6.45, 7) is 7.49. The Bertz CT molecular complexity index is 271. The number of nitrogens with one attached hydrogen (secondary N) is 1. The molecule has 0 amide bonds. The Labute approximate surface area is 132 Å². The van der Waals surface area contributed by atoms with Crippen molar-refractivity contribution in [2.45, 2.75) is 25.9 Å². The molecule has 0 unspecified atom stereocenters. The molecular weight excluding hydrogens is 290 g/mol. The second kappa shape index (κ2) is 13.9. The number of hydrogen-bond acceptors (Lipinski definition) is 7. The number of carbonyl (C=O) groups is 1. The lowest BCUT2D eigenvalue weighted by atomic mass is 10.1. The van der Waals surface area contributed by atoms with Crippen molar-refractivity contribution in [1.82, 2.24) is 5.32 Å². The second-order valence-electron chi connectivity index (χ2n) is 5.00. The van der Waals surface area contributed by atoms with E-state index in [1.807, 2.05) is 0 Å². The zero-order valence-corrected chi connectivity index (χ0v) is 13.5. The zero-order chi connectivity index (χ0) is 15.9. The van der Waals surface area contributed by atoms with Crippen LogP contribution in [-0.4, -0.2) is 78.0 Å². The number of rotatable bonds is 13. The molecule has 7 heteroatoms. The minimum absolute atomic E-state index is 0.287. The molecule has 1 saturated heterocycles. The van der Waals surface area contributed by atoms with Crippen molar-refractivity contribution in [1.29, 1.82) is 0 Å². The molecule has 0 bridgehead atoms. The first-order chi connectivity index (χ1) is 10.8. The third kappa shape index (κ3) is 11.9. The third-order valence-corrected chi connectivity index (χ3v) is 3.14. The van der Waals surface area contributed by atoms with E-state index in [9.17, 15) is 4.79 Å². The predicted molar refractivity (Wildman–Crippen MR) is 80.9 cm³/mol. The molecule has 22 heavy (non-hydrogen) atoms. The lowest BCUT2D eigenvalue weighted by molar-refractivity contribution is -0.142. The van der Waals surface area contributed by atoms with Gasteiger partial charge in [-0.3, -0.25) is 4.79 Å². The van der Waals surface area contributed by atoms with Gasteiger partial charge in [-0.15, -0.1) is 0 Å². The Kier molecular flexibility index (Phi) is 12.2. The molecule has 1 rings (SSSR count). The van der Waals surface area contributed by atoms with Gasteiger partial charge in [0.05, 0.1) is 52.4 Å². The number of hydrogen-bond donors (Lipinski definition) is 1. The first-order valence-corrected chi connectivity index (χ1v) is 7.98. The Morgan fingerprint density at radius 3 is 1.91 bits per heavy atom. The molecule has 0 aromatic rings. The summed E-state index contributed by atoms with van der Waals surface area (Å²) < 4.78 is 26.5. The Hall–Kier alpha value is -0.730. The van der Waals surface area contributed by atoms with Gasteiger partial charge in [0.1, 0.15) is 6.61 Å². The summed E-state index contributed by atoms with van der Waals surface area (Å²) in [5.74, 6) is -0.291. The number of carbonyl (C=O) groups excluding carboxylic acids is 1. The predicted octanol–water partition coefficient (Wildman–Crippen LogP) is 0.368. The normalized spacial score (nSPS) is 15.9. The molecule has 1 N–H and O–H groups in total. The largest absolute Gasteiger partial charge is 0.463 e. The minimum atomic E-state index is -0.291. The number of ether oxygens (including phenoxy) is 5. The van der Waals surface area contributed by atoms with Crippen LogP contribution in [0.1, 0.15) is 19.8 Å². The topological polar surface area (TPSA) is 75.3 Å². The van der Waals surface area contributed by atoms with E-state index in [0.717, 1.165) is 25.9 Å². The smallest absolute Gasteiger partial charge is 0.302 e. The van der Waals surface area contributed by atoms with Crippen LogP contribution in [0, 0.1) is 0 Å². The first-order valence-electron chi connectivity index (χ1n) is 7.98. The SMILES string of the molecule is CC(=O)OCCOCCOCCOCCOC1CCNCC1. The molecule has 0 spiro atoms. The molecule has 1 fully saturated rings. The fraction of sp³-hybridized carbons (Fsp3) is 0.933. The highest BCUT2D eigenvalue weighted by atomic mass is 16.6. The van der Waals surface area contributed by atoms with E-state index in [1.165, 1.54) is 6.92 Å². The highest BCUT2D eigenvalue weighted by Crippen LogP contribution is 2.06. The van der Waals surface area contributed by atoms with E-state index in [0.29, 0.717) is 52.4 Å². The summed E-state index contributed by atoms with van der Waals surface area (Å²) in [5.41, 5.74) is 0. The molecule has 1 aliphatic heterocycles. The van der Waals surface area contributed by atoms with E-state index in [4.69, 9.17) is 23.7 Å². The molecule has 0 aromatic heterocycles. The van der Waals surface area contributed by atoms with Gasteiger partial charge in [0.25, 0.3) is 0 Å². The quantitative estimate of drug-likeness (QED) is 0.388. The van der Waals surface area contributed by atoms with E-state index in [1.54, 1.807) is 0 Å². The van der Waals surface area contributed by atoms with Gasteiger partial charge in [0.2, 0.25) is 0 Å². The van der Waals surface area contributed by atoms with Crippen molar-refractivity contribution in [3.8, 4) is 0 Å². The van der Waals surface area contributed by atoms with Gasteiger partial charge in [0.15, 0.2) is 0 Å². The standard InChI is InChI=1S/C15H29NO6/c1-14(17)21-12-10-19-8-6-18-7-9-20-11-13-22-15-2-4-16-5-3-15/h15-16H,2-13H2,1H3. The van der Waals surface area contributed by atoms with Crippen LogP contribution < -0.4 is 5.32 Å².